The molecule has 1 aliphatic rings. The number of carbonyl (C=O) groups is 2. The molecule has 1 aliphatic carbocycles. The van der Waals surface area contributed by atoms with Crippen molar-refractivity contribution in [2.75, 3.05) is 27.2 Å². The van der Waals surface area contributed by atoms with Crippen LogP contribution in [0.25, 0.3) is 0 Å². The van der Waals surface area contributed by atoms with Crippen LogP contribution in [0.3, 0.4) is 0 Å². The fourth-order valence-corrected chi connectivity index (χ4v) is 2.38. The molecule has 6 nitrogen and oxygen atoms in total. The van der Waals surface area contributed by atoms with E-state index in [0.717, 1.165) is 25.7 Å². The highest BCUT2D eigenvalue weighted by molar-refractivity contribution is 5.76. The number of nitrogens with zero attached hydrogens (tertiary/aromatic N) is 1. The average Bonchev–Trinajstić information content (AvgIpc) is 2.34. The van der Waals surface area contributed by atoms with Crippen molar-refractivity contribution in [1.29, 1.82) is 0 Å². The normalized spacial score (nSPS) is 22.7. The lowest BCUT2D eigenvalue weighted by atomic mass is 9.84. The minimum atomic E-state index is -0.146. The molecule has 0 radical (unpaired) electrons. The third-order valence-electron chi connectivity index (χ3n) is 3.43. The van der Waals surface area contributed by atoms with Crippen LogP contribution in [-0.4, -0.2) is 50.1 Å². The van der Waals surface area contributed by atoms with E-state index in [9.17, 15) is 9.59 Å². The Bertz CT molecular complexity index is 307. The molecule has 0 saturated heterocycles. The molecule has 0 aliphatic heterocycles. The van der Waals surface area contributed by atoms with Crippen molar-refractivity contribution in [2.24, 2.45) is 11.7 Å². The first-order chi connectivity index (χ1) is 8.99. The lowest BCUT2D eigenvalue weighted by Crippen LogP contribution is -2.40. The Balaban J connectivity index is 2.09. The highest BCUT2D eigenvalue weighted by atomic mass is 16.2. The zero-order valence-electron chi connectivity index (χ0n) is 11.9. The van der Waals surface area contributed by atoms with Gasteiger partial charge in [0.05, 0.1) is 0 Å². The largest absolute Gasteiger partial charge is 0.354 e. The summed E-state index contributed by atoms with van der Waals surface area (Å²) in [5.41, 5.74) is 5.90. The molecule has 1 saturated carbocycles. The van der Waals surface area contributed by atoms with Gasteiger partial charge in [-0.15, -0.1) is 0 Å². The lowest BCUT2D eigenvalue weighted by molar-refractivity contribution is -0.122. The summed E-state index contributed by atoms with van der Waals surface area (Å²) in [6.07, 6.45) is 4.80. The molecule has 2 atom stereocenters. The van der Waals surface area contributed by atoms with Crippen LogP contribution in [0, 0.1) is 5.92 Å². The Labute approximate surface area is 115 Å². The fourth-order valence-electron chi connectivity index (χ4n) is 2.38. The van der Waals surface area contributed by atoms with Gasteiger partial charge in [-0.2, -0.15) is 0 Å². The van der Waals surface area contributed by atoms with E-state index >= 15 is 0 Å². The molecule has 4 N–H and O–H groups in total. The van der Waals surface area contributed by atoms with Crippen molar-refractivity contribution >= 4 is 11.9 Å². The Hall–Kier alpha value is -1.30. The smallest absolute Gasteiger partial charge is 0.316 e. The quantitative estimate of drug-likeness (QED) is 0.627. The van der Waals surface area contributed by atoms with Crippen LogP contribution in [0.2, 0.25) is 0 Å². The maximum absolute atomic E-state index is 11.7. The topological polar surface area (TPSA) is 87.5 Å². The second-order valence-corrected chi connectivity index (χ2v) is 5.47. The highest BCUT2D eigenvalue weighted by Gasteiger charge is 2.21. The van der Waals surface area contributed by atoms with E-state index in [1.54, 1.807) is 14.1 Å². The number of hydrogen-bond donors (Lipinski definition) is 3. The van der Waals surface area contributed by atoms with Crippen LogP contribution in [0.5, 0.6) is 0 Å². The third-order valence-corrected chi connectivity index (χ3v) is 3.43. The molecule has 6 heteroatoms. The standard InChI is InChI=1S/C13H26N4O2/c1-17(2)13(19)16-7-6-15-12(18)9-10-4-3-5-11(14)8-10/h10-11H,3-9,14H2,1-2H3,(H,15,18)(H,16,19). The molecule has 0 aromatic carbocycles. The average molecular weight is 270 g/mol. The number of carbonyl (C=O) groups excluding carboxylic acids is 2. The predicted octanol–water partition coefficient (Wildman–Crippen LogP) is 0.281. The van der Waals surface area contributed by atoms with Crippen LogP contribution < -0.4 is 16.4 Å². The van der Waals surface area contributed by atoms with Gasteiger partial charge in [0.25, 0.3) is 0 Å². The molecular weight excluding hydrogens is 244 g/mol. The maximum atomic E-state index is 11.7. The Kier molecular flexibility index (Phi) is 6.62. The van der Waals surface area contributed by atoms with Crippen molar-refractivity contribution in [1.82, 2.24) is 15.5 Å². The van der Waals surface area contributed by atoms with Gasteiger partial charge in [-0.1, -0.05) is 6.42 Å². The van der Waals surface area contributed by atoms with Crippen LogP contribution in [0.4, 0.5) is 4.79 Å². The van der Waals surface area contributed by atoms with Crippen molar-refractivity contribution in [3.05, 3.63) is 0 Å². The number of hydrogen-bond acceptors (Lipinski definition) is 3. The highest BCUT2D eigenvalue weighted by Crippen LogP contribution is 2.25. The van der Waals surface area contributed by atoms with E-state index < -0.39 is 0 Å². The van der Waals surface area contributed by atoms with E-state index in [2.05, 4.69) is 10.6 Å². The van der Waals surface area contributed by atoms with E-state index in [1.165, 1.54) is 4.90 Å². The van der Waals surface area contributed by atoms with Gasteiger partial charge < -0.3 is 21.3 Å². The second-order valence-electron chi connectivity index (χ2n) is 5.47. The Morgan fingerprint density at radius 3 is 2.53 bits per heavy atom. The van der Waals surface area contributed by atoms with Crippen LogP contribution >= 0.6 is 0 Å². The molecule has 110 valence electrons. The molecule has 0 aromatic heterocycles. The van der Waals surface area contributed by atoms with Crippen molar-refractivity contribution in [2.45, 2.75) is 38.1 Å². The molecule has 19 heavy (non-hydrogen) atoms. The van der Waals surface area contributed by atoms with Crippen molar-refractivity contribution in [3.8, 4) is 0 Å². The molecular formula is C13H26N4O2. The van der Waals surface area contributed by atoms with Crippen LogP contribution in [0.1, 0.15) is 32.1 Å². The minimum absolute atomic E-state index is 0.0539. The first-order valence-corrected chi connectivity index (χ1v) is 6.96. The monoisotopic (exact) mass is 270 g/mol. The molecule has 0 aromatic rings. The van der Waals surface area contributed by atoms with Gasteiger partial charge in [-0.05, 0) is 25.2 Å². The van der Waals surface area contributed by atoms with Crippen molar-refractivity contribution < 1.29 is 9.59 Å². The lowest BCUT2D eigenvalue weighted by Gasteiger charge is -2.26. The summed E-state index contributed by atoms with van der Waals surface area (Å²) >= 11 is 0. The summed E-state index contributed by atoms with van der Waals surface area (Å²) in [4.78, 5) is 24.4. The van der Waals surface area contributed by atoms with E-state index in [-0.39, 0.29) is 18.0 Å². The Morgan fingerprint density at radius 2 is 1.89 bits per heavy atom. The SMILES string of the molecule is CN(C)C(=O)NCCNC(=O)CC1CCCC(N)C1. The second kappa shape index (κ2) is 7.99. The first kappa shape index (κ1) is 15.8. The van der Waals surface area contributed by atoms with Crippen LogP contribution in [-0.2, 0) is 4.79 Å². The van der Waals surface area contributed by atoms with Gasteiger partial charge in [-0.25, -0.2) is 4.79 Å². The molecule has 1 fully saturated rings. The van der Waals surface area contributed by atoms with Gasteiger partial charge in [0.1, 0.15) is 0 Å². The van der Waals surface area contributed by atoms with Gasteiger partial charge in [0, 0.05) is 39.6 Å². The number of rotatable bonds is 5. The number of urea groups is 1. The molecule has 1 rings (SSSR count). The van der Waals surface area contributed by atoms with Gasteiger partial charge in [0.2, 0.25) is 5.91 Å². The third kappa shape index (κ3) is 6.42. The van der Waals surface area contributed by atoms with Crippen molar-refractivity contribution in [3.63, 3.8) is 0 Å². The number of amides is 3. The molecule has 2 unspecified atom stereocenters. The molecule has 3 amide bonds. The summed E-state index contributed by atoms with van der Waals surface area (Å²) in [6, 6.07) is 0.110. The van der Waals surface area contributed by atoms with E-state index in [1.807, 2.05) is 0 Å². The number of nitrogens with one attached hydrogen (secondary N) is 2. The minimum Gasteiger partial charge on any atom is -0.354 e. The molecule has 0 spiro atoms. The summed E-state index contributed by atoms with van der Waals surface area (Å²) in [6.45, 7) is 0.921. The molecule has 0 heterocycles. The van der Waals surface area contributed by atoms with Gasteiger partial charge in [0.15, 0.2) is 0 Å². The molecule has 0 bridgehead atoms. The summed E-state index contributed by atoms with van der Waals surface area (Å²) in [7, 11) is 3.36. The summed E-state index contributed by atoms with van der Waals surface area (Å²) in [5, 5.41) is 5.53. The Morgan fingerprint density at radius 1 is 1.21 bits per heavy atom. The van der Waals surface area contributed by atoms with Crippen LogP contribution in [0.15, 0.2) is 0 Å². The number of nitrogens with two attached hydrogens (primary N) is 1. The van der Waals surface area contributed by atoms with Gasteiger partial charge in [-0.3, -0.25) is 4.79 Å². The predicted molar refractivity (Wildman–Crippen MR) is 74.6 cm³/mol. The fraction of sp³-hybridized carbons (Fsp3) is 0.846. The first-order valence-electron chi connectivity index (χ1n) is 6.96. The van der Waals surface area contributed by atoms with E-state index in [4.69, 9.17) is 5.73 Å². The van der Waals surface area contributed by atoms with E-state index in [0.29, 0.717) is 25.4 Å². The zero-order valence-corrected chi connectivity index (χ0v) is 11.9. The van der Waals surface area contributed by atoms with Gasteiger partial charge >= 0.3 is 6.03 Å². The summed E-state index contributed by atoms with van der Waals surface area (Å²) < 4.78 is 0. The summed E-state index contributed by atoms with van der Waals surface area (Å²) in [5.74, 6) is 0.471. The zero-order chi connectivity index (χ0) is 14.3. The maximum Gasteiger partial charge on any atom is 0.316 e.